The van der Waals surface area contributed by atoms with Crippen LogP contribution in [0.3, 0.4) is 0 Å². The standard InChI is InChI=1S/C18H22N2O2/c1-20(2)16-10-6-9-15(13-16)18(22)19-17(11-12-21)14-7-4-3-5-8-14/h3-10,13,17,21H,11-12H2,1-2H3,(H,19,22). The number of carbonyl (C=O) groups excluding carboxylic acids is 1. The molecule has 0 spiro atoms. The molecule has 2 rings (SSSR count). The van der Waals surface area contributed by atoms with Crippen molar-refractivity contribution in [3.05, 3.63) is 65.7 Å². The van der Waals surface area contributed by atoms with Gasteiger partial charge in [0.05, 0.1) is 6.04 Å². The number of nitrogens with zero attached hydrogens (tertiary/aromatic N) is 1. The Morgan fingerprint density at radius 3 is 2.50 bits per heavy atom. The van der Waals surface area contributed by atoms with Crippen molar-refractivity contribution in [2.75, 3.05) is 25.6 Å². The van der Waals surface area contributed by atoms with Crippen molar-refractivity contribution < 1.29 is 9.90 Å². The van der Waals surface area contributed by atoms with Gasteiger partial charge in [0, 0.05) is 32.0 Å². The summed E-state index contributed by atoms with van der Waals surface area (Å²) in [6.07, 6.45) is 0.489. The molecule has 2 aromatic rings. The van der Waals surface area contributed by atoms with Crippen LogP contribution in [-0.4, -0.2) is 31.7 Å². The Morgan fingerprint density at radius 2 is 1.86 bits per heavy atom. The number of nitrogens with one attached hydrogen (secondary N) is 1. The van der Waals surface area contributed by atoms with Crippen LogP contribution >= 0.6 is 0 Å². The molecule has 1 atom stereocenters. The molecule has 0 aliphatic heterocycles. The lowest BCUT2D eigenvalue weighted by Gasteiger charge is -2.19. The number of hydrogen-bond donors (Lipinski definition) is 2. The van der Waals surface area contributed by atoms with Crippen LogP contribution in [0, 0.1) is 0 Å². The van der Waals surface area contributed by atoms with Gasteiger partial charge >= 0.3 is 0 Å². The number of aliphatic hydroxyl groups excluding tert-OH is 1. The fraction of sp³-hybridized carbons (Fsp3) is 0.278. The van der Waals surface area contributed by atoms with Gasteiger partial charge in [-0.05, 0) is 30.2 Å². The molecule has 0 fully saturated rings. The van der Waals surface area contributed by atoms with Crippen molar-refractivity contribution in [1.29, 1.82) is 0 Å². The summed E-state index contributed by atoms with van der Waals surface area (Å²) >= 11 is 0. The van der Waals surface area contributed by atoms with E-state index in [0.717, 1.165) is 11.3 Å². The minimum absolute atomic E-state index is 0.0254. The normalized spacial score (nSPS) is 11.8. The number of amides is 1. The molecule has 2 N–H and O–H groups in total. The fourth-order valence-electron chi connectivity index (χ4n) is 2.30. The molecule has 0 aromatic heterocycles. The highest BCUT2D eigenvalue weighted by molar-refractivity contribution is 5.95. The largest absolute Gasteiger partial charge is 0.396 e. The average Bonchev–Trinajstić information content (AvgIpc) is 2.55. The van der Waals surface area contributed by atoms with Gasteiger partial charge in [-0.1, -0.05) is 36.4 Å². The van der Waals surface area contributed by atoms with E-state index in [0.29, 0.717) is 12.0 Å². The topological polar surface area (TPSA) is 52.6 Å². The van der Waals surface area contributed by atoms with Crippen molar-refractivity contribution in [1.82, 2.24) is 5.32 Å². The molecule has 0 bridgehead atoms. The quantitative estimate of drug-likeness (QED) is 0.862. The summed E-state index contributed by atoms with van der Waals surface area (Å²) < 4.78 is 0. The van der Waals surface area contributed by atoms with Crippen molar-refractivity contribution in [3.8, 4) is 0 Å². The third kappa shape index (κ3) is 4.09. The zero-order valence-electron chi connectivity index (χ0n) is 13.0. The molecule has 2 aromatic carbocycles. The van der Waals surface area contributed by atoms with E-state index in [9.17, 15) is 9.90 Å². The summed E-state index contributed by atoms with van der Waals surface area (Å²) in [5.41, 5.74) is 2.59. The summed E-state index contributed by atoms with van der Waals surface area (Å²) in [7, 11) is 3.88. The number of rotatable bonds is 6. The predicted molar refractivity (Wildman–Crippen MR) is 89.1 cm³/mol. The first kappa shape index (κ1) is 16.0. The second-order valence-corrected chi connectivity index (χ2v) is 5.39. The molecule has 0 aliphatic rings. The Labute approximate surface area is 131 Å². The maximum absolute atomic E-state index is 12.5. The molecule has 0 saturated heterocycles. The van der Waals surface area contributed by atoms with E-state index >= 15 is 0 Å². The summed E-state index contributed by atoms with van der Waals surface area (Å²) in [5.74, 6) is -0.133. The number of carbonyl (C=O) groups is 1. The summed E-state index contributed by atoms with van der Waals surface area (Å²) in [4.78, 5) is 14.4. The van der Waals surface area contributed by atoms with E-state index in [2.05, 4.69) is 5.32 Å². The van der Waals surface area contributed by atoms with Gasteiger partial charge in [0.2, 0.25) is 0 Å². The Morgan fingerprint density at radius 1 is 1.14 bits per heavy atom. The monoisotopic (exact) mass is 298 g/mol. The molecule has 1 amide bonds. The number of benzene rings is 2. The minimum Gasteiger partial charge on any atom is -0.396 e. The van der Waals surface area contributed by atoms with Crippen molar-refractivity contribution in [2.45, 2.75) is 12.5 Å². The molecule has 0 radical (unpaired) electrons. The van der Waals surface area contributed by atoms with Gasteiger partial charge in [0.1, 0.15) is 0 Å². The van der Waals surface area contributed by atoms with Gasteiger partial charge in [-0.3, -0.25) is 4.79 Å². The molecule has 0 saturated carbocycles. The number of aliphatic hydroxyl groups is 1. The maximum Gasteiger partial charge on any atom is 0.251 e. The van der Waals surface area contributed by atoms with Gasteiger partial charge in [0.25, 0.3) is 5.91 Å². The van der Waals surface area contributed by atoms with Gasteiger partial charge in [-0.15, -0.1) is 0 Å². The van der Waals surface area contributed by atoms with Gasteiger partial charge < -0.3 is 15.3 Å². The third-order valence-electron chi connectivity index (χ3n) is 3.55. The van der Waals surface area contributed by atoms with Crippen LogP contribution < -0.4 is 10.2 Å². The van der Waals surface area contributed by atoms with Crippen LogP contribution in [-0.2, 0) is 0 Å². The lowest BCUT2D eigenvalue weighted by molar-refractivity contribution is 0.0930. The molecule has 4 nitrogen and oxygen atoms in total. The predicted octanol–water partition coefficient (Wildman–Crippen LogP) is 2.61. The van der Waals surface area contributed by atoms with E-state index < -0.39 is 0 Å². The second kappa shape index (κ2) is 7.61. The van der Waals surface area contributed by atoms with Crippen LogP contribution in [0.4, 0.5) is 5.69 Å². The molecule has 4 heteroatoms. The van der Waals surface area contributed by atoms with Crippen LogP contribution in [0.25, 0.3) is 0 Å². The van der Waals surface area contributed by atoms with Crippen LogP contribution in [0.5, 0.6) is 0 Å². The van der Waals surface area contributed by atoms with Crippen molar-refractivity contribution >= 4 is 11.6 Å². The summed E-state index contributed by atoms with van der Waals surface area (Å²) in [6, 6.07) is 17.0. The second-order valence-electron chi connectivity index (χ2n) is 5.39. The highest BCUT2D eigenvalue weighted by atomic mass is 16.3. The van der Waals surface area contributed by atoms with E-state index in [1.165, 1.54) is 0 Å². The van der Waals surface area contributed by atoms with E-state index in [4.69, 9.17) is 0 Å². The van der Waals surface area contributed by atoms with Crippen LogP contribution in [0.15, 0.2) is 54.6 Å². The molecular weight excluding hydrogens is 276 g/mol. The third-order valence-corrected chi connectivity index (χ3v) is 3.55. The number of anilines is 1. The Kier molecular flexibility index (Phi) is 5.55. The van der Waals surface area contributed by atoms with Gasteiger partial charge in [-0.2, -0.15) is 0 Å². The first-order valence-electron chi connectivity index (χ1n) is 7.36. The SMILES string of the molecule is CN(C)c1cccc(C(=O)NC(CCO)c2ccccc2)c1. The van der Waals surface area contributed by atoms with E-state index in [1.54, 1.807) is 6.07 Å². The van der Waals surface area contributed by atoms with E-state index in [1.807, 2.05) is 67.5 Å². The molecule has 0 heterocycles. The Hall–Kier alpha value is -2.33. The van der Waals surface area contributed by atoms with Crippen molar-refractivity contribution in [3.63, 3.8) is 0 Å². The smallest absolute Gasteiger partial charge is 0.251 e. The molecular formula is C18H22N2O2. The lowest BCUT2D eigenvalue weighted by Crippen LogP contribution is -2.29. The Balaban J connectivity index is 2.16. The molecule has 116 valence electrons. The van der Waals surface area contributed by atoms with Crippen molar-refractivity contribution in [2.24, 2.45) is 0 Å². The molecule has 22 heavy (non-hydrogen) atoms. The van der Waals surface area contributed by atoms with Gasteiger partial charge in [-0.25, -0.2) is 0 Å². The lowest BCUT2D eigenvalue weighted by atomic mass is 10.0. The zero-order chi connectivity index (χ0) is 15.9. The minimum atomic E-state index is -0.193. The summed E-state index contributed by atoms with van der Waals surface area (Å²) in [5, 5.41) is 12.2. The van der Waals surface area contributed by atoms with Crippen LogP contribution in [0.1, 0.15) is 28.4 Å². The van der Waals surface area contributed by atoms with Gasteiger partial charge in [0.15, 0.2) is 0 Å². The maximum atomic E-state index is 12.5. The first-order valence-corrected chi connectivity index (χ1v) is 7.36. The highest BCUT2D eigenvalue weighted by Gasteiger charge is 2.15. The Bertz CT molecular complexity index is 611. The van der Waals surface area contributed by atoms with E-state index in [-0.39, 0.29) is 18.6 Å². The zero-order valence-corrected chi connectivity index (χ0v) is 13.0. The van der Waals surface area contributed by atoms with Crippen LogP contribution in [0.2, 0.25) is 0 Å². The first-order chi connectivity index (χ1) is 10.6. The molecule has 0 aliphatic carbocycles. The fourth-order valence-corrected chi connectivity index (χ4v) is 2.30. The average molecular weight is 298 g/mol. The molecule has 1 unspecified atom stereocenters. The number of hydrogen-bond acceptors (Lipinski definition) is 3. The highest BCUT2D eigenvalue weighted by Crippen LogP contribution is 2.18. The summed E-state index contributed by atoms with van der Waals surface area (Å²) in [6.45, 7) is 0.0254.